The first-order valence-corrected chi connectivity index (χ1v) is 24.4. The number of alkyl carbamates (subject to hydrolysis) is 1. The molecular weight excluding hydrogens is 885 g/mol. The van der Waals surface area contributed by atoms with Crippen molar-refractivity contribution in [2.45, 2.75) is 135 Å². The number of carbonyl (C=O) groups is 7. The van der Waals surface area contributed by atoms with Crippen molar-refractivity contribution < 1.29 is 58.4 Å². The summed E-state index contributed by atoms with van der Waals surface area (Å²) in [6.07, 6.45) is 2.75. The molecule has 1 unspecified atom stereocenters. The zero-order valence-electron chi connectivity index (χ0n) is 40.4. The summed E-state index contributed by atoms with van der Waals surface area (Å²) in [5.41, 5.74) is 1.28. The lowest BCUT2D eigenvalue weighted by Gasteiger charge is -2.60. The summed E-state index contributed by atoms with van der Waals surface area (Å²) in [7, 11) is 0. The Morgan fingerprint density at radius 3 is 2.20 bits per heavy atom. The molecule has 0 aromatic heterocycles. The van der Waals surface area contributed by atoms with E-state index in [1.54, 1.807) is 26.8 Å². The summed E-state index contributed by atoms with van der Waals surface area (Å²) in [6, 6.07) is 11.3. The van der Waals surface area contributed by atoms with Crippen molar-refractivity contribution in [3.05, 3.63) is 83.5 Å². The Balaban J connectivity index is 0.842. The maximum atomic E-state index is 14.1. The highest BCUT2D eigenvalue weighted by molar-refractivity contribution is 6.01. The molecule has 1 aliphatic heterocycles. The van der Waals surface area contributed by atoms with Gasteiger partial charge in [0.05, 0.1) is 6.10 Å². The predicted molar refractivity (Wildman–Crippen MR) is 251 cm³/mol. The molecule has 4 fully saturated rings. The SMILES string of the molecule is CC(C)[C@H](NC(=O)[C@@H]1CCCN1C(=O)[C@H](C)NC(=O)[C@H](C)NC(=O)OCC1c2ccccc2-c2ccccc21)C(=O)OC(O)C(=O)[C@@]1(O)CC[C@H]2[C@@H]3C[C@H](C)C4=CC(=O)C=C[C@]4(C)[C@H]3[C@@H](O)C[C@@]21C. The molecule has 6 N–H and O–H groups in total. The molecule has 0 radical (unpaired) electrons. The molecule has 0 bridgehead atoms. The number of Topliss-reactive ketones (excluding diaryl/α,β-unsaturated/α-hetero) is 1. The summed E-state index contributed by atoms with van der Waals surface area (Å²) in [6.45, 7) is 12.3. The van der Waals surface area contributed by atoms with E-state index in [1.807, 2.05) is 68.5 Å². The van der Waals surface area contributed by atoms with E-state index in [2.05, 4.69) is 16.0 Å². The predicted octanol–water partition coefficient (Wildman–Crippen LogP) is 4.24. The van der Waals surface area contributed by atoms with Gasteiger partial charge in [-0.1, -0.05) is 94.8 Å². The van der Waals surface area contributed by atoms with Gasteiger partial charge < -0.3 is 45.6 Å². The molecule has 370 valence electrons. The van der Waals surface area contributed by atoms with Gasteiger partial charge in [-0.2, -0.15) is 0 Å². The van der Waals surface area contributed by atoms with Crippen molar-refractivity contribution in [3.63, 3.8) is 0 Å². The van der Waals surface area contributed by atoms with Crippen LogP contribution in [0.4, 0.5) is 4.79 Å². The van der Waals surface area contributed by atoms with Crippen LogP contribution in [0, 0.1) is 40.4 Å². The number of esters is 1. The van der Waals surface area contributed by atoms with Crippen LogP contribution in [0.25, 0.3) is 11.1 Å². The van der Waals surface area contributed by atoms with Crippen molar-refractivity contribution in [3.8, 4) is 11.1 Å². The van der Waals surface area contributed by atoms with E-state index in [1.165, 1.54) is 24.8 Å². The molecule has 1 heterocycles. The molecule has 4 amide bonds. The monoisotopic (exact) mass is 950 g/mol. The number of rotatable bonds is 13. The first-order chi connectivity index (χ1) is 32.6. The highest BCUT2D eigenvalue weighted by atomic mass is 16.6. The number of aliphatic hydroxyl groups excluding tert-OH is 2. The minimum atomic E-state index is -2.38. The first kappa shape index (κ1) is 49.7. The Morgan fingerprint density at radius 1 is 0.899 bits per heavy atom. The normalized spacial score (nSPS) is 31.7. The molecule has 0 spiro atoms. The number of ether oxygens (including phenoxy) is 2. The second kappa shape index (κ2) is 18.9. The van der Waals surface area contributed by atoms with E-state index in [9.17, 15) is 48.9 Å². The number of amides is 4. The minimum Gasteiger partial charge on any atom is -0.449 e. The Kier molecular flexibility index (Phi) is 13.6. The molecule has 5 aliphatic carbocycles. The molecule has 69 heavy (non-hydrogen) atoms. The fourth-order valence-corrected chi connectivity index (χ4v) is 13.2. The number of nitrogens with zero attached hydrogens (tertiary/aromatic N) is 1. The van der Waals surface area contributed by atoms with E-state index in [0.717, 1.165) is 27.8 Å². The second-order valence-electron chi connectivity index (χ2n) is 21.1. The van der Waals surface area contributed by atoms with Crippen molar-refractivity contribution in [2.75, 3.05) is 13.2 Å². The third-order valence-electron chi connectivity index (χ3n) is 16.7. The standard InChI is InChI=1S/C53H66N4O12/c1-27(2)43(48(64)69-49(65)44(60)53(67)21-19-38-36-23-28(3)39-24-31(58)18-20-51(39,6)42(36)41(59)25-52(38,53)7)56-46(62)40-17-12-22-57(40)47(63)30(5)54-45(61)29(4)55-50(66)68-26-37-34-15-10-8-13-32(34)33-14-9-11-16-35(33)37/h8-11,13-16,18,20,24,27-30,36-38,40-43,49,59,65,67H,12,17,19,21-23,25-26H2,1-7H3,(H,54,61)(H,55,66)(H,56,62)/t28-,29-,30-,36-,38-,40-,41-,42+,43-,49?,51-,52-,53-/m0/s1. The Labute approximate surface area is 402 Å². The maximum Gasteiger partial charge on any atom is 0.407 e. The molecule has 2 aromatic carbocycles. The third-order valence-corrected chi connectivity index (χ3v) is 16.7. The Morgan fingerprint density at radius 2 is 1.55 bits per heavy atom. The van der Waals surface area contributed by atoms with Crippen molar-refractivity contribution in [1.82, 2.24) is 20.9 Å². The number of allylic oxidation sites excluding steroid dienone is 4. The fourth-order valence-electron chi connectivity index (χ4n) is 13.2. The van der Waals surface area contributed by atoms with Gasteiger partial charge in [0.2, 0.25) is 23.5 Å². The highest BCUT2D eigenvalue weighted by Gasteiger charge is 2.69. The van der Waals surface area contributed by atoms with Gasteiger partial charge in [-0.15, -0.1) is 0 Å². The number of benzene rings is 2. The Bertz CT molecular complexity index is 2440. The number of hydrogen-bond donors (Lipinski definition) is 6. The van der Waals surface area contributed by atoms with E-state index in [4.69, 9.17) is 9.47 Å². The lowest BCUT2D eigenvalue weighted by Crippen LogP contribution is -2.63. The number of likely N-dealkylation sites (tertiary alicyclic amines) is 1. The zero-order valence-corrected chi connectivity index (χ0v) is 40.4. The molecular formula is C53H66N4O12. The lowest BCUT2D eigenvalue weighted by molar-refractivity contribution is -0.204. The molecule has 2 aromatic rings. The van der Waals surface area contributed by atoms with Crippen LogP contribution in [-0.4, -0.2) is 117 Å². The number of aliphatic hydroxyl groups is 3. The first-order valence-electron chi connectivity index (χ1n) is 24.4. The largest absolute Gasteiger partial charge is 0.449 e. The smallest absolute Gasteiger partial charge is 0.407 e. The maximum absolute atomic E-state index is 14.1. The number of hydrogen-bond acceptors (Lipinski definition) is 12. The summed E-state index contributed by atoms with van der Waals surface area (Å²) in [4.78, 5) is 95.2. The molecule has 8 rings (SSSR count). The van der Waals surface area contributed by atoms with Crippen LogP contribution in [0.5, 0.6) is 0 Å². The molecule has 1 saturated heterocycles. The van der Waals surface area contributed by atoms with Gasteiger partial charge in [-0.3, -0.25) is 24.0 Å². The number of nitrogens with one attached hydrogen (secondary N) is 3. The van der Waals surface area contributed by atoms with E-state index < -0.39 is 94.5 Å². The number of ketones is 2. The molecule has 3 saturated carbocycles. The van der Waals surface area contributed by atoms with Crippen LogP contribution >= 0.6 is 0 Å². The average Bonchev–Trinajstić information content (AvgIpc) is 4.00. The highest BCUT2D eigenvalue weighted by Crippen LogP contribution is 2.68. The fraction of sp³-hybridized carbons (Fsp3) is 0.566. The quantitative estimate of drug-likeness (QED) is 0.122. The van der Waals surface area contributed by atoms with Gasteiger partial charge in [0.25, 0.3) is 6.29 Å². The summed E-state index contributed by atoms with van der Waals surface area (Å²) in [5, 5.41) is 43.1. The van der Waals surface area contributed by atoms with Gasteiger partial charge in [-0.05, 0) is 110 Å². The molecule has 6 aliphatic rings. The number of carbonyl (C=O) groups excluding carboxylic acids is 7. The lowest BCUT2D eigenvalue weighted by atomic mass is 9.44. The van der Waals surface area contributed by atoms with Crippen LogP contribution < -0.4 is 16.0 Å². The van der Waals surface area contributed by atoms with Gasteiger partial charge in [0, 0.05) is 29.2 Å². The van der Waals surface area contributed by atoms with E-state index in [-0.39, 0.29) is 67.8 Å². The van der Waals surface area contributed by atoms with Crippen molar-refractivity contribution >= 4 is 41.4 Å². The minimum absolute atomic E-state index is 0.0136. The van der Waals surface area contributed by atoms with Crippen LogP contribution in [-0.2, 0) is 38.2 Å². The van der Waals surface area contributed by atoms with Crippen LogP contribution in [0.2, 0.25) is 0 Å². The van der Waals surface area contributed by atoms with Gasteiger partial charge in [-0.25, -0.2) is 9.59 Å². The number of fused-ring (bicyclic) bond motifs is 8. The summed E-state index contributed by atoms with van der Waals surface area (Å²) < 4.78 is 10.9. The average molecular weight is 951 g/mol. The van der Waals surface area contributed by atoms with Crippen LogP contribution in [0.1, 0.15) is 104 Å². The zero-order chi connectivity index (χ0) is 49.9. The van der Waals surface area contributed by atoms with Gasteiger partial charge in [0.1, 0.15) is 36.4 Å². The van der Waals surface area contributed by atoms with Gasteiger partial charge in [0.15, 0.2) is 5.78 Å². The topological polar surface area (TPSA) is 238 Å². The molecule has 16 nitrogen and oxygen atoms in total. The second-order valence-corrected chi connectivity index (χ2v) is 21.1. The summed E-state index contributed by atoms with van der Waals surface area (Å²) in [5.74, 6) is -5.57. The van der Waals surface area contributed by atoms with Crippen LogP contribution in [0.3, 0.4) is 0 Å². The third kappa shape index (κ3) is 8.70. The Hall–Kier alpha value is -5.71. The molecule has 16 heteroatoms. The van der Waals surface area contributed by atoms with Gasteiger partial charge >= 0.3 is 12.1 Å². The van der Waals surface area contributed by atoms with Crippen molar-refractivity contribution in [1.29, 1.82) is 0 Å². The van der Waals surface area contributed by atoms with Crippen molar-refractivity contribution in [2.24, 2.45) is 40.4 Å². The van der Waals surface area contributed by atoms with E-state index >= 15 is 0 Å². The summed E-state index contributed by atoms with van der Waals surface area (Å²) >= 11 is 0. The van der Waals surface area contributed by atoms with E-state index in [0.29, 0.717) is 19.3 Å². The molecule has 13 atom stereocenters. The van der Waals surface area contributed by atoms with Crippen LogP contribution in [0.15, 0.2) is 72.3 Å².